The molecule has 1 aromatic carbocycles. The van der Waals surface area contributed by atoms with Gasteiger partial charge in [-0.05, 0) is 17.7 Å². The molecule has 3 nitrogen and oxygen atoms in total. The highest BCUT2D eigenvalue weighted by Crippen LogP contribution is 2.27. The normalized spacial score (nSPS) is 10.3. The number of benzene rings is 1. The van der Waals surface area contributed by atoms with Gasteiger partial charge in [-0.1, -0.05) is 30.3 Å². The van der Waals surface area contributed by atoms with Crippen molar-refractivity contribution in [2.75, 3.05) is 13.6 Å². The van der Waals surface area contributed by atoms with Crippen molar-refractivity contribution in [2.45, 2.75) is 6.54 Å². The van der Waals surface area contributed by atoms with Crippen LogP contribution in [0.1, 0.15) is 4.88 Å². The van der Waals surface area contributed by atoms with E-state index in [2.05, 4.69) is 34.9 Å². The zero-order valence-electron chi connectivity index (χ0n) is 10.3. The summed E-state index contributed by atoms with van der Waals surface area (Å²) in [5.41, 5.74) is 1.24. The molecule has 2 N–H and O–H groups in total. The van der Waals surface area contributed by atoms with E-state index < -0.39 is 0 Å². The minimum absolute atomic E-state index is 0.00911. The number of amides is 1. The van der Waals surface area contributed by atoms with Crippen molar-refractivity contribution < 1.29 is 4.79 Å². The topological polar surface area (TPSA) is 41.1 Å². The quantitative estimate of drug-likeness (QED) is 0.865. The number of thiophene rings is 1. The Morgan fingerprint density at radius 2 is 1.94 bits per heavy atom. The molecule has 0 saturated carbocycles. The Labute approximate surface area is 111 Å². The average molecular weight is 260 g/mol. The van der Waals surface area contributed by atoms with Crippen molar-refractivity contribution in [1.29, 1.82) is 0 Å². The van der Waals surface area contributed by atoms with Crippen LogP contribution in [0.3, 0.4) is 0 Å². The fourth-order valence-corrected chi connectivity index (χ4v) is 2.60. The van der Waals surface area contributed by atoms with E-state index in [9.17, 15) is 4.79 Å². The molecule has 0 aliphatic carbocycles. The summed E-state index contributed by atoms with van der Waals surface area (Å²) in [4.78, 5) is 13.5. The number of likely N-dealkylation sites (N-methyl/N-ethyl adjacent to an activating group) is 1. The van der Waals surface area contributed by atoms with Gasteiger partial charge in [0.2, 0.25) is 5.91 Å². The van der Waals surface area contributed by atoms with E-state index >= 15 is 0 Å². The van der Waals surface area contributed by atoms with Crippen molar-refractivity contribution in [1.82, 2.24) is 10.6 Å². The molecule has 0 atom stereocenters. The van der Waals surface area contributed by atoms with Gasteiger partial charge >= 0.3 is 0 Å². The molecule has 0 aliphatic rings. The maximum absolute atomic E-state index is 11.1. The van der Waals surface area contributed by atoms with Crippen LogP contribution >= 0.6 is 11.3 Å². The fourth-order valence-electron chi connectivity index (χ4n) is 1.62. The summed E-state index contributed by atoms with van der Waals surface area (Å²) >= 11 is 1.75. The predicted octanol–water partition coefficient (Wildman–Crippen LogP) is 2.25. The van der Waals surface area contributed by atoms with Gasteiger partial charge < -0.3 is 10.6 Å². The summed E-state index contributed by atoms with van der Waals surface area (Å²) in [5, 5.41) is 5.70. The van der Waals surface area contributed by atoms with E-state index in [1.807, 2.05) is 18.2 Å². The van der Waals surface area contributed by atoms with E-state index in [0.29, 0.717) is 6.54 Å². The van der Waals surface area contributed by atoms with Crippen molar-refractivity contribution in [2.24, 2.45) is 0 Å². The van der Waals surface area contributed by atoms with E-state index in [-0.39, 0.29) is 5.91 Å². The van der Waals surface area contributed by atoms with Gasteiger partial charge in [-0.15, -0.1) is 11.3 Å². The number of rotatable bonds is 5. The van der Waals surface area contributed by atoms with Crippen LogP contribution in [0.2, 0.25) is 0 Å². The van der Waals surface area contributed by atoms with Gasteiger partial charge in [-0.2, -0.15) is 0 Å². The SMILES string of the molecule is CNC(=O)CNCc1ccc(-c2ccccc2)s1. The van der Waals surface area contributed by atoms with Crippen molar-refractivity contribution >= 4 is 17.2 Å². The molecule has 0 unspecified atom stereocenters. The van der Waals surface area contributed by atoms with Crippen LogP contribution in [0.5, 0.6) is 0 Å². The van der Waals surface area contributed by atoms with E-state index in [4.69, 9.17) is 0 Å². The second kappa shape index (κ2) is 6.33. The molecular formula is C14H16N2OS. The van der Waals surface area contributed by atoms with Gasteiger partial charge in [-0.3, -0.25) is 4.79 Å². The van der Waals surface area contributed by atoms with Crippen LogP contribution in [0.15, 0.2) is 42.5 Å². The first-order chi connectivity index (χ1) is 8.79. The second-order valence-electron chi connectivity index (χ2n) is 3.91. The zero-order chi connectivity index (χ0) is 12.8. The summed E-state index contributed by atoms with van der Waals surface area (Å²) < 4.78 is 0. The third-order valence-corrected chi connectivity index (χ3v) is 3.72. The smallest absolute Gasteiger partial charge is 0.233 e. The van der Waals surface area contributed by atoms with E-state index in [0.717, 1.165) is 6.54 Å². The Morgan fingerprint density at radius 1 is 1.17 bits per heavy atom. The number of hydrogen-bond acceptors (Lipinski definition) is 3. The first-order valence-electron chi connectivity index (χ1n) is 5.85. The van der Waals surface area contributed by atoms with Crippen molar-refractivity contribution in [3.05, 3.63) is 47.3 Å². The molecule has 1 amide bonds. The van der Waals surface area contributed by atoms with Crippen LogP contribution in [-0.2, 0) is 11.3 Å². The van der Waals surface area contributed by atoms with E-state index in [1.165, 1.54) is 15.3 Å². The molecule has 94 valence electrons. The van der Waals surface area contributed by atoms with Gasteiger partial charge in [-0.25, -0.2) is 0 Å². The van der Waals surface area contributed by atoms with E-state index in [1.54, 1.807) is 18.4 Å². The molecule has 0 saturated heterocycles. The van der Waals surface area contributed by atoms with Gasteiger partial charge in [0.25, 0.3) is 0 Å². The molecular weight excluding hydrogens is 244 g/mol. The summed E-state index contributed by atoms with van der Waals surface area (Å²) in [7, 11) is 1.64. The van der Waals surface area contributed by atoms with Crippen LogP contribution in [0.25, 0.3) is 10.4 Å². The molecule has 18 heavy (non-hydrogen) atoms. The Kier molecular flexibility index (Phi) is 4.50. The lowest BCUT2D eigenvalue weighted by Crippen LogP contribution is -2.30. The zero-order valence-corrected chi connectivity index (χ0v) is 11.1. The lowest BCUT2D eigenvalue weighted by Gasteiger charge is -2.01. The molecule has 1 aromatic heterocycles. The third-order valence-electron chi connectivity index (χ3n) is 2.58. The number of carbonyl (C=O) groups is 1. The van der Waals surface area contributed by atoms with Crippen LogP contribution < -0.4 is 10.6 Å². The molecule has 2 aromatic rings. The molecule has 0 radical (unpaired) electrons. The van der Waals surface area contributed by atoms with Gasteiger partial charge in [0, 0.05) is 23.3 Å². The maximum atomic E-state index is 11.1. The lowest BCUT2D eigenvalue weighted by atomic mass is 10.2. The van der Waals surface area contributed by atoms with Crippen LogP contribution in [-0.4, -0.2) is 19.5 Å². The molecule has 2 rings (SSSR count). The monoisotopic (exact) mass is 260 g/mol. The number of carbonyl (C=O) groups excluding carboxylic acids is 1. The van der Waals surface area contributed by atoms with Gasteiger partial charge in [0.1, 0.15) is 0 Å². The highest BCUT2D eigenvalue weighted by atomic mass is 32.1. The summed E-state index contributed by atoms with van der Waals surface area (Å²) in [6.45, 7) is 1.08. The lowest BCUT2D eigenvalue weighted by molar-refractivity contribution is -0.119. The largest absolute Gasteiger partial charge is 0.358 e. The fraction of sp³-hybridized carbons (Fsp3) is 0.214. The predicted molar refractivity (Wildman–Crippen MR) is 75.5 cm³/mol. The molecule has 0 aliphatic heterocycles. The molecule has 0 spiro atoms. The first-order valence-corrected chi connectivity index (χ1v) is 6.66. The standard InChI is InChI=1S/C14H16N2OS/c1-15-14(17)10-16-9-12-7-8-13(18-12)11-5-3-2-4-6-11/h2-8,16H,9-10H2,1H3,(H,15,17). The third kappa shape index (κ3) is 3.42. The number of hydrogen-bond donors (Lipinski definition) is 2. The highest BCUT2D eigenvalue weighted by Gasteiger charge is 2.03. The van der Waals surface area contributed by atoms with Gasteiger partial charge in [0.15, 0.2) is 0 Å². The minimum Gasteiger partial charge on any atom is -0.358 e. The summed E-state index contributed by atoms with van der Waals surface area (Å²) in [6, 6.07) is 14.5. The van der Waals surface area contributed by atoms with Crippen LogP contribution in [0, 0.1) is 0 Å². The summed E-state index contributed by atoms with van der Waals surface area (Å²) in [5.74, 6) is 0.00911. The Bertz CT molecular complexity index is 508. The van der Waals surface area contributed by atoms with Gasteiger partial charge in [0.05, 0.1) is 6.54 Å². The molecule has 0 bridgehead atoms. The molecule has 4 heteroatoms. The minimum atomic E-state index is 0.00911. The van der Waals surface area contributed by atoms with Crippen molar-refractivity contribution in [3.8, 4) is 10.4 Å². The average Bonchev–Trinajstić information content (AvgIpc) is 2.88. The molecule has 0 fully saturated rings. The Morgan fingerprint density at radius 3 is 2.67 bits per heavy atom. The van der Waals surface area contributed by atoms with Crippen molar-refractivity contribution in [3.63, 3.8) is 0 Å². The highest BCUT2D eigenvalue weighted by molar-refractivity contribution is 7.15. The molecule has 1 heterocycles. The number of nitrogens with one attached hydrogen (secondary N) is 2. The Balaban J connectivity index is 1.93. The first kappa shape index (κ1) is 12.8. The summed E-state index contributed by atoms with van der Waals surface area (Å²) in [6.07, 6.45) is 0. The maximum Gasteiger partial charge on any atom is 0.233 e. The Hall–Kier alpha value is -1.65. The second-order valence-corrected chi connectivity index (χ2v) is 5.08. The van der Waals surface area contributed by atoms with Crippen LogP contribution in [0.4, 0.5) is 0 Å².